The minimum absolute atomic E-state index is 0. The minimum atomic E-state index is 0. The van der Waals surface area contributed by atoms with Gasteiger partial charge in [-0.3, -0.25) is 0 Å². The number of hydrogen-bond acceptors (Lipinski definition) is 2. The molecule has 1 aliphatic rings. The standard InChI is InChI=1S/C3H4S2.Cu/c1-2-4-5-3-1;/h1-2H,3H2;/q;+1. The number of rotatable bonds is 0. The fourth-order valence-electron chi connectivity index (χ4n) is 0.196. The summed E-state index contributed by atoms with van der Waals surface area (Å²) in [5.41, 5.74) is 0. The maximum atomic E-state index is 2.16. The average molecular weight is 168 g/mol. The van der Waals surface area contributed by atoms with Crippen LogP contribution >= 0.6 is 21.6 Å². The first-order valence-corrected chi connectivity index (χ1v) is 3.81. The molecule has 0 atom stereocenters. The molecule has 0 spiro atoms. The summed E-state index contributed by atoms with van der Waals surface area (Å²) in [7, 11) is 3.69. The van der Waals surface area contributed by atoms with Crippen LogP contribution in [0.2, 0.25) is 0 Å². The molecule has 0 nitrogen and oxygen atoms in total. The second kappa shape index (κ2) is 4.13. The monoisotopic (exact) mass is 167 g/mol. The Kier molecular flexibility index (Phi) is 4.79. The van der Waals surface area contributed by atoms with E-state index in [1.165, 1.54) is 5.75 Å². The molecule has 0 saturated heterocycles. The Morgan fingerprint density at radius 3 is 2.50 bits per heavy atom. The van der Waals surface area contributed by atoms with E-state index in [0.29, 0.717) is 0 Å². The first-order chi connectivity index (χ1) is 2.50. The van der Waals surface area contributed by atoms with E-state index in [1.54, 1.807) is 0 Å². The van der Waals surface area contributed by atoms with Crippen LogP contribution in [0, 0.1) is 0 Å². The molecule has 1 heterocycles. The van der Waals surface area contributed by atoms with Crippen LogP contribution in [-0.2, 0) is 17.1 Å². The first-order valence-electron chi connectivity index (χ1n) is 1.43. The molecular formula is C3H4CuS2+. The Labute approximate surface area is 56.0 Å². The van der Waals surface area contributed by atoms with Crippen molar-refractivity contribution in [2.75, 3.05) is 5.75 Å². The molecule has 0 amide bonds. The summed E-state index contributed by atoms with van der Waals surface area (Å²) in [6.45, 7) is 0. The van der Waals surface area contributed by atoms with E-state index in [4.69, 9.17) is 0 Å². The van der Waals surface area contributed by atoms with E-state index >= 15 is 0 Å². The van der Waals surface area contributed by atoms with Gasteiger partial charge in [-0.05, 0) is 5.41 Å². The van der Waals surface area contributed by atoms with Crippen molar-refractivity contribution in [3.05, 3.63) is 11.5 Å². The molecule has 0 fully saturated rings. The van der Waals surface area contributed by atoms with Gasteiger partial charge in [0, 0.05) is 5.75 Å². The molecule has 0 saturated carbocycles. The van der Waals surface area contributed by atoms with Gasteiger partial charge in [-0.25, -0.2) is 0 Å². The second-order valence-electron chi connectivity index (χ2n) is 0.753. The summed E-state index contributed by atoms with van der Waals surface area (Å²) >= 11 is 0. The molecule has 1 aliphatic heterocycles. The molecule has 6 heavy (non-hydrogen) atoms. The van der Waals surface area contributed by atoms with Crippen LogP contribution in [0.15, 0.2) is 11.5 Å². The molecular weight excluding hydrogens is 164 g/mol. The van der Waals surface area contributed by atoms with Crippen molar-refractivity contribution in [1.29, 1.82) is 0 Å². The molecule has 0 aromatic rings. The normalized spacial score (nSPS) is 17.3. The van der Waals surface area contributed by atoms with E-state index in [9.17, 15) is 0 Å². The molecule has 0 N–H and O–H groups in total. The van der Waals surface area contributed by atoms with Gasteiger partial charge in [0.05, 0.1) is 0 Å². The summed E-state index contributed by atoms with van der Waals surface area (Å²) < 4.78 is 0. The van der Waals surface area contributed by atoms with E-state index in [0.717, 1.165) is 0 Å². The van der Waals surface area contributed by atoms with Crippen LogP contribution in [-0.4, -0.2) is 5.75 Å². The summed E-state index contributed by atoms with van der Waals surface area (Å²) in [6, 6.07) is 0. The topological polar surface area (TPSA) is 0 Å². The summed E-state index contributed by atoms with van der Waals surface area (Å²) in [4.78, 5) is 0. The maximum absolute atomic E-state index is 2.16. The molecule has 0 aliphatic carbocycles. The Morgan fingerprint density at radius 1 is 1.50 bits per heavy atom. The smallest absolute Gasteiger partial charge is 0.0854 e. The Morgan fingerprint density at radius 2 is 2.33 bits per heavy atom. The Hall–Kier alpha value is 0.959. The summed E-state index contributed by atoms with van der Waals surface area (Å²) in [5, 5.41) is 2.12. The maximum Gasteiger partial charge on any atom is 1.00 e. The zero-order valence-corrected chi connectivity index (χ0v) is 5.55. The molecule has 38 valence electrons. The van der Waals surface area contributed by atoms with Crippen molar-refractivity contribution in [2.24, 2.45) is 0 Å². The van der Waals surface area contributed by atoms with Crippen molar-refractivity contribution in [3.63, 3.8) is 0 Å². The van der Waals surface area contributed by atoms with Crippen LogP contribution in [0.1, 0.15) is 0 Å². The fraction of sp³-hybridized carbons (Fsp3) is 0.333. The van der Waals surface area contributed by atoms with Gasteiger partial charge in [0.2, 0.25) is 0 Å². The molecule has 0 aromatic carbocycles. The summed E-state index contributed by atoms with van der Waals surface area (Å²) in [5.74, 6) is 1.20. The third-order valence-corrected chi connectivity index (χ3v) is 2.30. The van der Waals surface area contributed by atoms with E-state index in [1.807, 2.05) is 21.6 Å². The quantitative estimate of drug-likeness (QED) is 0.399. The van der Waals surface area contributed by atoms with Crippen LogP contribution in [0.25, 0.3) is 0 Å². The predicted molar refractivity (Wildman–Crippen MR) is 29.2 cm³/mol. The van der Waals surface area contributed by atoms with Crippen molar-refractivity contribution in [3.8, 4) is 0 Å². The van der Waals surface area contributed by atoms with Gasteiger partial charge in [0.15, 0.2) is 0 Å². The third kappa shape index (κ3) is 2.19. The van der Waals surface area contributed by atoms with Gasteiger partial charge in [-0.2, -0.15) is 0 Å². The average Bonchev–Trinajstić information content (AvgIpc) is 1.76. The third-order valence-electron chi connectivity index (χ3n) is 0.384. The fourth-order valence-corrected chi connectivity index (χ4v) is 1.77. The van der Waals surface area contributed by atoms with Crippen molar-refractivity contribution in [1.82, 2.24) is 0 Å². The molecule has 0 radical (unpaired) electrons. The molecule has 0 bridgehead atoms. The van der Waals surface area contributed by atoms with E-state index in [2.05, 4.69) is 11.5 Å². The summed E-state index contributed by atoms with van der Waals surface area (Å²) in [6.07, 6.45) is 2.16. The molecule has 1 rings (SSSR count). The molecule has 3 heteroatoms. The SMILES string of the molecule is C1=CSSC1.[Cu+]. The number of hydrogen-bond donors (Lipinski definition) is 0. The van der Waals surface area contributed by atoms with Crippen LogP contribution in [0.3, 0.4) is 0 Å². The van der Waals surface area contributed by atoms with Crippen molar-refractivity contribution < 1.29 is 17.1 Å². The first kappa shape index (κ1) is 6.96. The predicted octanol–water partition coefficient (Wildman–Crippen LogP) is 1.89. The van der Waals surface area contributed by atoms with Crippen molar-refractivity contribution in [2.45, 2.75) is 0 Å². The van der Waals surface area contributed by atoms with Crippen LogP contribution in [0.5, 0.6) is 0 Å². The van der Waals surface area contributed by atoms with Gasteiger partial charge in [0.1, 0.15) is 0 Å². The Balaban J connectivity index is 0.000000250. The van der Waals surface area contributed by atoms with Gasteiger partial charge in [-0.15, -0.1) is 0 Å². The van der Waals surface area contributed by atoms with Gasteiger partial charge in [-0.1, -0.05) is 27.7 Å². The van der Waals surface area contributed by atoms with Crippen LogP contribution in [0.4, 0.5) is 0 Å². The zero-order chi connectivity index (χ0) is 3.54. The van der Waals surface area contributed by atoms with E-state index < -0.39 is 0 Å². The van der Waals surface area contributed by atoms with Crippen molar-refractivity contribution >= 4 is 21.6 Å². The van der Waals surface area contributed by atoms with Gasteiger partial charge in [0.25, 0.3) is 0 Å². The Bertz CT molecular complexity index is 46.8. The molecule has 0 unspecified atom stereocenters. The van der Waals surface area contributed by atoms with Gasteiger partial charge >= 0.3 is 17.1 Å². The van der Waals surface area contributed by atoms with Crippen LogP contribution < -0.4 is 0 Å². The largest absolute Gasteiger partial charge is 1.00 e. The molecule has 0 aromatic heterocycles. The second-order valence-corrected chi connectivity index (χ2v) is 3.07. The van der Waals surface area contributed by atoms with Gasteiger partial charge < -0.3 is 0 Å². The zero-order valence-electron chi connectivity index (χ0n) is 2.98. The van der Waals surface area contributed by atoms with E-state index in [-0.39, 0.29) is 17.1 Å². The minimum Gasteiger partial charge on any atom is -0.0854 e.